The molecule has 0 bridgehead atoms. The van der Waals surface area contributed by atoms with E-state index in [1.165, 1.54) is 6.07 Å². The molecule has 0 radical (unpaired) electrons. The van der Waals surface area contributed by atoms with Crippen molar-refractivity contribution < 1.29 is 8.78 Å². The van der Waals surface area contributed by atoms with E-state index in [9.17, 15) is 13.6 Å². The van der Waals surface area contributed by atoms with Crippen molar-refractivity contribution in [2.45, 2.75) is 6.43 Å². The molecule has 0 unspecified atom stereocenters. The Morgan fingerprint density at radius 1 is 1.62 bits per heavy atom. The lowest BCUT2D eigenvalue weighted by molar-refractivity contribution is 0.145. The van der Waals surface area contributed by atoms with E-state index >= 15 is 0 Å². The number of nitrogens with zero attached hydrogens (tertiary/aromatic N) is 1. The predicted molar refractivity (Wildman–Crippen MR) is 41.7 cm³/mol. The van der Waals surface area contributed by atoms with Gasteiger partial charge in [-0.3, -0.25) is 4.79 Å². The number of alkyl halides is 2. The molecule has 0 aliphatic heterocycles. The zero-order chi connectivity index (χ0) is 10.0. The highest BCUT2D eigenvalue weighted by Crippen LogP contribution is 2.18. The van der Waals surface area contributed by atoms with Crippen LogP contribution in [0.2, 0.25) is 5.02 Å². The van der Waals surface area contributed by atoms with Gasteiger partial charge in [0.1, 0.15) is 22.3 Å². The van der Waals surface area contributed by atoms with Crippen LogP contribution in [0.4, 0.5) is 8.78 Å². The van der Waals surface area contributed by atoms with Crippen molar-refractivity contribution in [2.24, 2.45) is 0 Å². The van der Waals surface area contributed by atoms with Crippen molar-refractivity contribution in [3.05, 3.63) is 32.7 Å². The Balaban J connectivity index is 3.51. The Bertz CT molecular complexity index is 421. The van der Waals surface area contributed by atoms with Gasteiger partial charge in [-0.2, -0.15) is 5.26 Å². The van der Waals surface area contributed by atoms with Gasteiger partial charge in [0.15, 0.2) is 0 Å². The second-order valence-electron chi connectivity index (χ2n) is 2.17. The monoisotopic (exact) mass is 204 g/mol. The molecule has 0 aliphatic carbocycles. The van der Waals surface area contributed by atoms with Crippen molar-refractivity contribution >= 4 is 11.6 Å². The van der Waals surface area contributed by atoms with Gasteiger partial charge < -0.3 is 4.98 Å². The molecule has 1 rings (SSSR count). The lowest BCUT2D eigenvalue weighted by Crippen LogP contribution is -2.12. The van der Waals surface area contributed by atoms with Crippen molar-refractivity contribution in [2.75, 3.05) is 0 Å². The number of pyridine rings is 1. The summed E-state index contributed by atoms with van der Waals surface area (Å²) in [5.41, 5.74) is -2.21. The normalized spacial score (nSPS) is 10.1. The van der Waals surface area contributed by atoms with E-state index in [-0.39, 0.29) is 5.02 Å². The molecule has 0 spiro atoms. The Morgan fingerprint density at radius 3 is 2.69 bits per heavy atom. The van der Waals surface area contributed by atoms with Gasteiger partial charge in [-0.15, -0.1) is 0 Å². The average Bonchev–Trinajstić information content (AvgIpc) is 2.09. The van der Waals surface area contributed by atoms with Crippen LogP contribution in [0.25, 0.3) is 0 Å². The van der Waals surface area contributed by atoms with E-state index in [1.54, 1.807) is 0 Å². The SMILES string of the molecule is N#Cc1c(C(F)F)[nH]cc(Cl)c1=O. The van der Waals surface area contributed by atoms with E-state index in [2.05, 4.69) is 4.98 Å². The molecule has 0 saturated heterocycles. The number of nitriles is 1. The summed E-state index contributed by atoms with van der Waals surface area (Å²) >= 11 is 5.33. The zero-order valence-corrected chi connectivity index (χ0v) is 6.90. The van der Waals surface area contributed by atoms with E-state index < -0.39 is 23.1 Å². The molecule has 68 valence electrons. The van der Waals surface area contributed by atoms with Crippen LogP contribution in [0.15, 0.2) is 11.0 Å². The predicted octanol–water partition coefficient (Wildman–Crippen LogP) is 1.84. The molecule has 1 N–H and O–H groups in total. The fourth-order valence-electron chi connectivity index (χ4n) is 0.804. The summed E-state index contributed by atoms with van der Waals surface area (Å²) in [6, 6.07) is 1.38. The van der Waals surface area contributed by atoms with Crippen LogP contribution in [0.1, 0.15) is 17.7 Å². The molecule has 0 aliphatic rings. The third-order valence-electron chi connectivity index (χ3n) is 1.40. The Morgan fingerprint density at radius 2 is 2.23 bits per heavy atom. The summed E-state index contributed by atoms with van der Waals surface area (Å²) in [6.07, 6.45) is -1.95. The fourth-order valence-corrected chi connectivity index (χ4v) is 0.953. The number of halogens is 3. The summed E-state index contributed by atoms with van der Waals surface area (Å²) in [5.74, 6) is 0. The van der Waals surface area contributed by atoms with Gasteiger partial charge >= 0.3 is 0 Å². The van der Waals surface area contributed by atoms with Gasteiger partial charge in [-0.05, 0) is 0 Å². The summed E-state index contributed by atoms with van der Waals surface area (Å²) in [4.78, 5) is 13.1. The van der Waals surface area contributed by atoms with Crippen molar-refractivity contribution in [3.63, 3.8) is 0 Å². The molecule has 0 atom stereocenters. The number of H-pyrrole nitrogens is 1. The maximum Gasteiger partial charge on any atom is 0.279 e. The highest BCUT2D eigenvalue weighted by molar-refractivity contribution is 6.30. The minimum atomic E-state index is -2.89. The Kier molecular flexibility index (Phi) is 2.63. The number of aromatic amines is 1. The van der Waals surface area contributed by atoms with E-state index in [0.29, 0.717) is 0 Å². The van der Waals surface area contributed by atoms with Gasteiger partial charge in [0.05, 0.1) is 0 Å². The van der Waals surface area contributed by atoms with Crippen molar-refractivity contribution in [1.82, 2.24) is 4.98 Å². The van der Waals surface area contributed by atoms with Crippen LogP contribution in [-0.2, 0) is 0 Å². The van der Waals surface area contributed by atoms with Gasteiger partial charge in [-0.25, -0.2) is 8.78 Å². The molecule has 1 heterocycles. The summed E-state index contributed by atoms with van der Waals surface area (Å²) in [7, 11) is 0. The van der Waals surface area contributed by atoms with Crippen LogP contribution in [0.5, 0.6) is 0 Å². The molecule has 0 fully saturated rings. The lowest BCUT2D eigenvalue weighted by atomic mass is 10.2. The van der Waals surface area contributed by atoms with Crippen molar-refractivity contribution in [3.8, 4) is 6.07 Å². The second kappa shape index (κ2) is 3.54. The molecule has 1 aromatic heterocycles. The highest BCUT2D eigenvalue weighted by atomic mass is 35.5. The molecule has 0 saturated carbocycles. The first-order valence-electron chi connectivity index (χ1n) is 3.17. The summed E-state index contributed by atoms with van der Waals surface area (Å²) < 4.78 is 24.3. The number of hydrogen-bond donors (Lipinski definition) is 1. The fraction of sp³-hybridized carbons (Fsp3) is 0.143. The molecule has 6 heteroatoms. The molecular formula is C7H3ClF2N2O. The quantitative estimate of drug-likeness (QED) is 0.759. The van der Waals surface area contributed by atoms with Crippen LogP contribution in [0.3, 0.4) is 0 Å². The molecule has 13 heavy (non-hydrogen) atoms. The lowest BCUT2D eigenvalue weighted by Gasteiger charge is -2.01. The average molecular weight is 205 g/mol. The first-order valence-corrected chi connectivity index (χ1v) is 3.55. The third-order valence-corrected chi connectivity index (χ3v) is 1.68. The van der Waals surface area contributed by atoms with Gasteiger partial charge in [0, 0.05) is 6.20 Å². The van der Waals surface area contributed by atoms with Crippen LogP contribution in [-0.4, -0.2) is 4.98 Å². The highest BCUT2D eigenvalue weighted by Gasteiger charge is 2.17. The van der Waals surface area contributed by atoms with Gasteiger partial charge in [0.25, 0.3) is 6.43 Å². The number of hydrogen-bond acceptors (Lipinski definition) is 2. The molecule has 0 amide bonds. The van der Waals surface area contributed by atoms with Crippen LogP contribution in [0, 0.1) is 11.3 Å². The second-order valence-corrected chi connectivity index (χ2v) is 2.57. The zero-order valence-electron chi connectivity index (χ0n) is 6.14. The van der Waals surface area contributed by atoms with E-state index in [1.807, 2.05) is 0 Å². The third kappa shape index (κ3) is 1.68. The topological polar surface area (TPSA) is 56.6 Å². The maximum atomic E-state index is 12.2. The molecular weight excluding hydrogens is 202 g/mol. The van der Waals surface area contributed by atoms with Crippen molar-refractivity contribution in [1.29, 1.82) is 5.26 Å². The first kappa shape index (κ1) is 9.68. The smallest absolute Gasteiger partial charge is 0.279 e. The molecule has 3 nitrogen and oxygen atoms in total. The van der Waals surface area contributed by atoms with E-state index in [0.717, 1.165) is 6.20 Å². The van der Waals surface area contributed by atoms with Gasteiger partial charge in [-0.1, -0.05) is 11.6 Å². The Hall–Kier alpha value is -1.41. The van der Waals surface area contributed by atoms with Crippen LogP contribution < -0.4 is 5.43 Å². The Labute approximate surface area is 76.6 Å². The standard InChI is InChI=1S/C7H3ClF2N2O/c8-4-2-12-5(7(9)10)3(1-11)6(4)13/h2,7H,(H,12,13). The summed E-state index contributed by atoms with van der Waals surface area (Å²) in [6.45, 7) is 0. The minimum Gasteiger partial charge on any atom is -0.358 e. The largest absolute Gasteiger partial charge is 0.358 e. The summed E-state index contributed by atoms with van der Waals surface area (Å²) in [5, 5.41) is 8.13. The number of nitrogens with one attached hydrogen (secondary N) is 1. The molecule has 1 aromatic rings. The van der Waals surface area contributed by atoms with E-state index in [4.69, 9.17) is 16.9 Å². The first-order chi connectivity index (χ1) is 6.07. The van der Waals surface area contributed by atoms with Gasteiger partial charge in [0.2, 0.25) is 5.43 Å². The number of rotatable bonds is 1. The maximum absolute atomic E-state index is 12.2. The minimum absolute atomic E-state index is 0.277. The molecule has 0 aromatic carbocycles. The van der Waals surface area contributed by atoms with Crippen LogP contribution >= 0.6 is 11.6 Å². The number of aromatic nitrogens is 1.